The van der Waals surface area contributed by atoms with E-state index >= 15 is 0 Å². The molecule has 0 unspecified atom stereocenters. The number of nitrogens with zero attached hydrogens (tertiary/aromatic N) is 2. The molecular formula is C20H24FN3O3. The van der Waals surface area contributed by atoms with E-state index in [0.29, 0.717) is 23.7 Å². The third-order valence-electron chi connectivity index (χ3n) is 4.60. The van der Waals surface area contributed by atoms with Gasteiger partial charge in [-0.3, -0.25) is 9.69 Å². The molecule has 27 heavy (non-hydrogen) atoms. The molecule has 0 atom stereocenters. The molecule has 0 spiro atoms. The Bertz CT molecular complexity index is 775. The second-order valence-corrected chi connectivity index (χ2v) is 6.36. The fraction of sp³-hybridized carbons (Fsp3) is 0.350. The van der Waals surface area contributed by atoms with Gasteiger partial charge in [0.1, 0.15) is 5.82 Å². The number of hydrogen-bond donors (Lipinski definition) is 1. The molecule has 0 aliphatic carbocycles. The summed E-state index contributed by atoms with van der Waals surface area (Å²) >= 11 is 0. The Balaban J connectivity index is 1.50. The Kier molecular flexibility index (Phi) is 6.13. The van der Waals surface area contributed by atoms with E-state index in [-0.39, 0.29) is 11.7 Å². The van der Waals surface area contributed by atoms with Crippen LogP contribution in [0.15, 0.2) is 42.5 Å². The molecule has 0 aromatic heterocycles. The first-order valence-electron chi connectivity index (χ1n) is 8.84. The van der Waals surface area contributed by atoms with Gasteiger partial charge in [-0.25, -0.2) is 4.39 Å². The van der Waals surface area contributed by atoms with Crippen LogP contribution in [0.25, 0.3) is 0 Å². The topological polar surface area (TPSA) is 54.0 Å². The van der Waals surface area contributed by atoms with Gasteiger partial charge in [-0.2, -0.15) is 0 Å². The van der Waals surface area contributed by atoms with Gasteiger partial charge >= 0.3 is 0 Å². The highest BCUT2D eigenvalue weighted by Gasteiger charge is 2.19. The van der Waals surface area contributed by atoms with Crippen molar-refractivity contribution < 1.29 is 18.7 Å². The Hall–Kier alpha value is -2.80. The number of anilines is 2. The highest BCUT2D eigenvalue weighted by Crippen LogP contribution is 2.29. The third kappa shape index (κ3) is 4.89. The lowest BCUT2D eigenvalue weighted by molar-refractivity contribution is -0.117. The van der Waals surface area contributed by atoms with Crippen LogP contribution in [-0.4, -0.2) is 57.8 Å². The summed E-state index contributed by atoms with van der Waals surface area (Å²) in [7, 11) is 3.13. The van der Waals surface area contributed by atoms with Crippen LogP contribution in [0.5, 0.6) is 11.5 Å². The smallest absolute Gasteiger partial charge is 0.238 e. The maximum absolute atomic E-state index is 13.0. The number of rotatable bonds is 6. The zero-order valence-electron chi connectivity index (χ0n) is 15.6. The van der Waals surface area contributed by atoms with E-state index in [1.54, 1.807) is 44.6 Å². The fourth-order valence-electron chi connectivity index (χ4n) is 3.13. The van der Waals surface area contributed by atoms with E-state index in [1.807, 2.05) is 0 Å². The lowest BCUT2D eigenvalue weighted by atomic mass is 10.2. The summed E-state index contributed by atoms with van der Waals surface area (Å²) in [6, 6.07) is 11.8. The number of piperazine rings is 1. The van der Waals surface area contributed by atoms with Gasteiger partial charge in [0, 0.05) is 43.6 Å². The van der Waals surface area contributed by atoms with Crippen LogP contribution in [-0.2, 0) is 4.79 Å². The van der Waals surface area contributed by atoms with Crippen LogP contribution in [0.2, 0.25) is 0 Å². The first kappa shape index (κ1) is 19.0. The molecule has 1 heterocycles. The summed E-state index contributed by atoms with van der Waals surface area (Å²) in [6.07, 6.45) is 0. The van der Waals surface area contributed by atoms with Crippen LogP contribution in [0.1, 0.15) is 0 Å². The zero-order chi connectivity index (χ0) is 19.2. The predicted octanol–water partition coefficient (Wildman–Crippen LogP) is 2.60. The zero-order valence-corrected chi connectivity index (χ0v) is 15.6. The number of halogens is 1. The van der Waals surface area contributed by atoms with Crippen molar-refractivity contribution in [2.24, 2.45) is 0 Å². The summed E-state index contributed by atoms with van der Waals surface area (Å²) in [5.41, 5.74) is 1.67. The molecule has 1 N–H and O–H groups in total. The molecule has 7 heteroatoms. The van der Waals surface area contributed by atoms with Gasteiger partial charge in [-0.05, 0) is 36.4 Å². The molecule has 1 amide bonds. The van der Waals surface area contributed by atoms with Crippen molar-refractivity contribution in [2.45, 2.75) is 0 Å². The van der Waals surface area contributed by atoms with E-state index in [4.69, 9.17) is 9.47 Å². The lowest BCUT2D eigenvalue weighted by Gasteiger charge is -2.35. The number of benzene rings is 2. The number of ether oxygens (including phenoxy) is 2. The van der Waals surface area contributed by atoms with Crippen molar-refractivity contribution >= 4 is 17.3 Å². The summed E-state index contributed by atoms with van der Waals surface area (Å²) in [5, 5.41) is 2.89. The van der Waals surface area contributed by atoms with Crippen molar-refractivity contribution in [3.63, 3.8) is 0 Å². The minimum atomic E-state index is -0.232. The highest BCUT2D eigenvalue weighted by molar-refractivity contribution is 5.92. The molecule has 0 saturated carbocycles. The molecule has 144 valence electrons. The maximum atomic E-state index is 13.0. The van der Waals surface area contributed by atoms with Gasteiger partial charge in [0.15, 0.2) is 11.5 Å². The van der Waals surface area contributed by atoms with E-state index in [0.717, 1.165) is 31.9 Å². The van der Waals surface area contributed by atoms with Gasteiger partial charge in [0.05, 0.1) is 20.8 Å². The number of carbonyl (C=O) groups is 1. The first-order chi connectivity index (χ1) is 13.1. The second kappa shape index (κ2) is 8.73. The Morgan fingerprint density at radius 1 is 1.00 bits per heavy atom. The minimum Gasteiger partial charge on any atom is -0.493 e. The molecule has 3 rings (SSSR count). The van der Waals surface area contributed by atoms with Gasteiger partial charge in [-0.15, -0.1) is 0 Å². The largest absolute Gasteiger partial charge is 0.493 e. The molecule has 1 saturated heterocycles. The highest BCUT2D eigenvalue weighted by atomic mass is 19.1. The molecule has 2 aromatic rings. The predicted molar refractivity (Wildman–Crippen MR) is 103 cm³/mol. The van der Waals surface area contributed by atoms with Crippen molar-refractivity contribution in [3.8, 4) is 11.5 Å². The number of amides is 1. The van der Waals surface area contributed by atoms with Crippen LogP contribution >= 0.6 is 0 Å². The van der Waals surface area contributed by atoms with Gasteiger partial charge in [0.2, 0.25) is 5.91 Å². The molecule has 0 bridgehead atoms. The van der Waals surface area contributed by atoms with Crippen molar-refractivity contribution in [2.75, 3.05) is 57.2 Å². The molecule has 0 radical (unpaired) electrons. The molecular weight excluding hydrogens is 349 g/mol. The molecule has 1 fully saturated rings. The number of methoxy groups -OCH3 is 2. The Morgan fingerprint density at radius 2 is 1.67 bits per heavy atom. The van der Waals surface area contributed by atoms with E-state index in [1.165, 1.54) is 12.1 Å². The van der Waals surface area contributed by atoms with Crippen LogP contribution < -0.4 is 19.7 Å². The van der Waals surface area contributed by atoms with E-state index in [2.05, 4.69) is 15.1 Å². The number of nitrogens with one attached hydrogen (secondary N) is 1. The van der Waals surface area contributed by atoms with E-state index < -0.39 is 0 Å². The summed E-state index contributed by atoms with van der Waals surface area (Å²) < 4.78 is 23.5. The number of carbonyl (C=O) groups excluding carboxylic acids is 1. The first-order valence-corrected chi connectivity index (χ1v) is 8.84. The average Bonchev–Trinajstić information content (AvgIpc) is 2.69. The summed E-state index contributed by atoms with van der Waals surface area (Å²) in [4.78, 5) is 16.6. The van der Waals surface area contributed by atoms with E-state index in [9.17, 15) is 9.18 Å². The summed E-state index contributed by atoms with van der Waals surface area (Å²) in [5.74, 6) is 0.886. The SMILES string of the molecule is COc1ccc(NC(=O)CN2CCN(c3ccc(F)cc3)CC2)cc1OC. The molecule has 1 aliphatic rings. The Morgan fingerprint density at radius 3 is 2.30 bits per heavy atom. The van der Waals surface area contributed by atoms with Crippen molar-refractivity contribution in [1.82, 2.24) is 4.90 Å². The van der Waals surface area contributed by atoms with Gasteiger partial charge < -0.3 is 19.7 Å². The molecule has 2 aromatic carbocycles. The van der Waals surface area contributed by atoms with Crippen LogP contribution in [0.3, 0.4) is 0 Å². The lowest BCUT2D eigenvalue weighted by Crippen LogP contribution is -2.48. The maximum Gasteiger partial charge on any atom is 0.238 e. The standard InChI is InChI=1S/C20H24FN3O3/c1-26-18-8-5-16(13-19(18)27-2)22-20(25)14-23-9-11-24(12-10-23)17-6-3-15(21)4-7-17/h3-8,13H,9-12,14H2,1-2H3,(H,22,25). The number of hydrogen-bond acceptors (Lipinski definition) is 5. The molecule has 6 nitrogen and oxygen atoms in total. The second-order valence-electron chi connectivity index (χ2n) is 6.36. The average molecular weight is 373 g/mol. The quantitative estimate of drug-likeness (QED) is 0.844. The van der Waals surface area contributed by atoms with Crippen LogP contribution in [0.4, 0.5) is 15.8 Å². The fourth-order valence-corrected chi connectivity index (χ4v) is 3.13. The van der Waals surface area contributed by atoms with Crippen molar-refractivity contribution in [3.05, 3.63) is 48.3 Å². The van der Waals surface area contributed by atoms with Gasteiger partial charge in [0.25, 0.3) is 0 Å². The molecule has 1 aliphatic heterocycles. The minimum absolute atomic E-state index is 0.0718. The Labute approximate surface area is 158 Å². The van der Waals surface area contributed by atoms with Crippen LogP contribution in [0, 0.1) is 5.82 Å². The normalized spacial score (nSPS) is 14.7. The monoisotopic (exact) mass is 373 g/mol. The van der Waals surface area contributed by atoms with Crippen molar-refractivity contribution in [1.29, 1.82) is 0 Å². The third-order valence-corrected chi connectivity index (χ3v) is 4.60. The van der Waals surface area contributed by atoms with Gasteiger partial charge in [-0.1, -0.05) is 0 Å². The summed E-state index contributed by atoms with van der Waals surface area (Å²) in [6.45, 7) is 3.48.